The number of hydrogen-bond acceptors (Lipinski definition) is 1. The predicted molar refractivity (Wildman–Crippen MR) is 85.2 cm³/mol. The summed E-state index contributed by atoms with van der Waals surface area (Å²) in [6.07, 6.45) is 4.68. The van der Waals surface area contributed by atoms with Crippen LogP contribution in [0, 0.1) is 11.3 Å². The molecule has 0 heterocycles. The van der Waals surface area contributed by atoms with Crippen molar-refractivity contribution < 1.29 is 4.79 Å². The third-order valence-electron chi connectivity index (χ3n) is 4.86. The number of benzene rings is 1. The van der Waals surface area contributed by atoms with Crippen LogP contribution in [0.3, 0.4) is 0 Å². The fourth-order valence-electron chi connectivity index (χ4n) is 3.32. The smallest absolute Gasteiger partial charge is 0.166 e. The molecule has 2 rings (SSSR count). The maximum absolute atomic E-state index is 12.8. The van der Waals surface area contributed by atoms with E-state index in [9.17, 15) is 4.79 Å². The van der Waals surface area contributed by atoms with Crippen LogP contribution in [-0.4, -0.2) is 5.78 Å². The minimum atomic E-state index is 0.145. The van der Waals surface area contributed by atoms with E-state index in [1.807, 2.05) is 12.1 Å². The van der Waals surface area contributed by atoms with Crippen molar-refractivity contribution in [1.82, 2.24) is 0 Å². The Balaban J connectivity index is 2.21. The molecule has 1 fully saturated rings. The fraction of sp³-hybridized carbons (Fsp3) is 0.632. The first kappa shape index (κ1) is 15.3. The standard InChI is InChI=1S/C19H28O/c1-18(2,3)15-11-9-14(10-12-15)17(20)16-8-6-7-13-19(16,4)5/h9-12,16H,6-8,13H2,1-5H3. The first-order chi connectivity index (χ1) is 9.22. The quantitative estimate of drug-likeness (QED) is 0.660. The van der Waals surface area contributed by atoms with Gasteiger partial charge in [0.1, 0.15) is 0 Å². The van der Waals surface area contributed by atoms with Gasteiger partial charge in [-0.1, -0.05) is 71.7 Å². The largest absolute Gasteiger partial charge is 0.294 e. The topological polar surface area (TPSA) is 17.1 Å². The van der Waals surface area contributed by atoms with Crippen molar-refractivity contribution in [2.24, 2.45) is 11.3 Å². The lowest BCUT2D eigenvalue weighted by atomic mass is 9.66. The van der Waals surface area contributed by atoms with Crippen molar-refractivity contribution in [3.05, 3.63) is 35.4 Å². The van der Waals surface area contributed by atoms with Crippen molar-refractivity contribution in [1.29, 1.82) is 0 Å². The average Bonchev–Trinajstić information content (AvgIpc) is 2.36. The number of Topliss-reactive ketones (excluding diaryl/α,β-unsaturated/α-hetero) is 1. The number of carbonyl (C=O) groups excluding carboxylic acids is 1. The van der Waals surface area contributed by atoms with Crippen LogP contribution in [0.4, 0.5) is 0 Å². The first-order valence-corrected chi connectivity index (χ1v) is 7.86. The second-order valence-electron chi connectivity index (χ2n) is 7.98. The Hall–Kier alpha value is -1.11. The normalized spacial score (nSPS) is 22.6. The second kappa shape index (κ2) is 5.35. The summed E-state index contributed by atoms with van der Waals surface area (Å²) in [7, 11) is 0. The summed E-state index contributed by atoms with van der Waals surface area (Å²) in [5.74, 6) is 0.534. The van der Waals surface area contributed by atoms with Crippen LogP contribution in [0.1, 0.15) is 76.2 Å². The third-order valence-corrected chi connectivity index (χ3v) is 4.86. The summed E-state index contributed by atoms with van der Waals surface area (Å²) in [6, 6.07) is 8.27. The van der Waals surface area contributed by atoms with Crippen molar-refractivity contribution in [2.75, 3.05) is 0 Å². The lowest BCUT2D eigenvalue weighted by Gasteiger charge is -2.37. The maximum Gasteiger partial charge on any atom is 0.166 e. The van der Waals surface area contributed by atoms with Crippen LogP contribution in [0.15, 0.2) is 24.3 Å². The Morgan fingerprint density at radius 2 is 1.70 bits per heavy atom. The molecule has 0 aromatic heterocycles. The van der Waals surface area contributed by atoms with Gasteiger partial charge in [0.2, 0.25) is 0 Å². The lowest BCUT2D eigenvalue weighted by molar-refractivity contribution is 0.0697. The van der Waals surface area contributed by atoms with E-state index in [2.05, 4.69) is 46.8 Å². The Morgan fingerprint density at radius 3 is 2.20 bits per heavy atom. The van der Waals surface area contributed by atoms with Gasteiger partial charge in [-0.15, -0.1) is 0 Å². The van der Waals surface area contributed by atoms with Crippen LogP contribution < -0.4 is 0 Å². The van der Waals surface area contributed by atoms with Gasteiger partial charge in [-0.05, 0) is 29.2 Å². The zero-order chi connectivity index (χ0) is 15.0. The molecule has 1 heteroatoms. The Morgan fingerprint density at radius 1 is 1.10 bits per heavy atom. The summed E-state index contributed by atoms with van der Waals surface area (Å²) in [4.78, 5) is 12.8. The van der Waals surface area contributed by atoms with Gasteiger partial charge in [0, 0.05) is 11.5 Å². The molecular weight excluding hydrogens is 244 g/mol. The van der Waals surface area contributed by atoms with Crippen LogP contribution in [-0.2, 0) is 5.41 Å². The average molecular weight is 272 g/mol. The molecule has 1 aliphatic carbocycles. The highest BCUT2D eigenvalue weighted by Gasteiger charge is 2.37. The number of carbonyl (C=O) groups is 1. The molecule has 1 atom stereocenters. The fourth-order valence-corrected chi connectivity index (χ4v) is 3.32. The van der Waals surface area contributed by atoms with E-state index in [1.165, 1.54) is 24.8 Å². The van der Waals surface area contributed by atoms with E-state index in [1.54, 1.807) is 0 Å². The van der Waals surface area contributed by atoms with Crippen LogP contribution in [0.2, 0.25) is 0 Å². The van der Waals surface area contributed by atoms with Gasteiger partial charge in [0.25, 0.3) is 0 Å². The van der Waals surface area contributed by atoms with Gasteiger partial charge in [-0.2, -0.15) is 0 Å². The first-order valence-electron chi connectivity index (χ1n) is 7.86. The Kier molecular flexibility index (Phi) is 4.09. The summed E-state index contributed by atoms with van der Waals surface area (Å²) in [6.45, 7) is 11.1. The molecule has 0 N–H and O–H groups in total. The van der Waals surface area contributed by atoms with E-state index < -0.39 is 0 Å². The van der Waals surface area contributed by atoms with Crippen molar-refractivity contribution in [3.8, 4) is 0 Å². The molecule has 0 bridgehead atoms. The molecule has 1 aromatic carbocycles. The van der Waals surface area contributed by atoms with E-state index in [-0.39, 0.29) is 16.7 Å². The number of rotatable bonds is 2. The molecule has 1 unspecified atom stereocenters. The molecule has 110 valence electrons. The molecule has 0 spiro atoms. The predicted octanol–water partition coefficient (Wildman–Crippen LogP) is 5.38. The summed E-state index contributed by atoms with van der Waals surface area (Å²) in [5, 5.41) is 0. The molecule has 1 nitrogen and oxygen atoms in total. The van der Waals surface area contributed by atoms with Crippen LogP contribution in [0.5, 0.6) is 0 Å². The molecule has 0 saturated heterocycles. The lowest BCUT2D eigenvalue weighted by Crippen LogP contribution is -2.34. The third kappa shape index (κ3) is 3.13. The maximum atomic E-state index is 12.8. The van der Waals surface area contributed by atoms with Gasteiger partial charge in [-0.3, -0.25) is 4.79 Å². The molecular formula is C19H28O. The highest BCUT2D eigenvalue weighted by Crippen LogP contribution is 2.42. The van der Waals surface area contributed by atoms with Crippen LogP contribution in [0.25, 0.3) is 0 Å². The molecule has 1 aromatic rings. The summed E-state index contributed by atoms with van der Waals surface area (Å²) < 4.78 is 0. The SMILES string of the molecule is CC(C)(C)c1ccc(C(=O)C2CCCCC2(C)C)cc1. The zero-order valence-corrected chi connectivity index (χ0v) is 13.6. The van der Waals surface area contributed by atoms with Crippen LogP contribution >= 0.6 is 0 Å². The molecule has 0 aliphatic heterocycles. The van der Waals surface area contributed by atoms with Gasteiger partial charge in [-0.25, -0.2) is 0 Å². The van der Waals surface area contributed by atoms with Crippen molar-refractivity contribution in [2.45, 2.75) is 65.7 Å². The van der Waals surface area contributed by atoms with E-state index in [0.717, 1.165) is 12.0 Å². The molecule has 1 saturated carbocycles. The summed E-state index contributed by atoms with van der Waals surface area (Å²) in [5.41, 5.74) is 2.47. The monoisotopic (exact) mass is 272 g/mol. The molecule has 20 heavy (non-hydrogen) atoms. The molecule has 1 aliphatic rings. The Labute approximate surface area is 123 Å². The van der Waals surface area contributed by atoms with Gasteiger partial charge in [0.05, 0.1) is 0 Å². The molecule has 0 radical (unpaired) electrons. The number of hydrogen-bond donors (Lipinski definition) is 0. The van der Waals surface area contributed by atoms with E-state index in [0.29, 0.717) is 5.78 Å². The van der Waals surface area contributed by atoms with Gasteiger partial charge in [0.15, 0.2) is 5.78 Å². The highest BCUT2D eigenvalue weighted by atomic mass is 16.1. The van der Waals surface area contributed by atoms with Gasteiger partial charge >= 0.3 is 0 Å². The van der Waals surface area contributed by atoms with Crippen molar-refractivity contribution in [3.63, 3.8) is 0 Å². The number of ketones is 1. The highest BCUT2D eigenvalue weighted by molar-refractivity contribution is 5.98. The zero-order valence-electron chi connectivity index (χ0n) is 13.6. The minimum Gasteiger partial charge on any atom is -0.294 e. The summed E-state index contributed by atoms with van der Waals surface area (Å²) >= 11 is 0. The van der Waals surface area contributed by atoms with Gasteiger partial charge < -0.3 is 0 Å². The molecule has 0 amide bonds. The Bertz CT molecular complexity index is 473. The second-order valence-corrected chi connectivity index (χ2v) is 7.98. The minimum absolute atomic E-state index is 0.145. The van der Waals surface area contributed by atoms with E-state index in [4.69, 9.17) is 0 Å². The van der Waals surface area contributed by atoms with Crippen molar-refractivity contribution >= 4 is 5.78 Å². The van der Waals surface area contributed by atoms with E-state index >= 15 is 0 Å².